The maximum Gasteiger partial charge on any atom is 0.248 e. The maximum atomic E-state index is 16.0. The summed E-state index contributed by atoms with van der Waals surface area (Å²) in [6, 6.07) is 15.2. The lowest BCUT2D eigenvalue weighted by atomic mass is 9.64. The minimum Gasteiger partial charge on any atom is -0.495 e. The fourth-order valence-corrected chi connectivity index (χ4v) is 9.29. The molecule has 42 heavy (non-hydrogen) atoms. The summed E-state index contributed by atoms with van der Waals surface area (Å²) in [5.74, 6) is -2.11. The van der Waals surface area contributed by atoms with Gasteiger partial charge in [0.05, 0.1) is 23.6 Å². The number of halogens is 3. The number of amides is 1. The second kappa shape index (κ2) is 11.1. The molecule has 1 saturated heterocycles. The van der Waals surface area contributed by atoms with E-state index in [0.29, 0.717) is 28.6 Å². The van der Waals surface area contributed by atoms with Crippen molar-refractivity contribution in [1.29, 1.82) is 0 Å². The zero-order chi connectivity index (χ0) is 30.6. The van der Waals surface area contributed by atoms with Crippen LogP contribution in [0.5, 0.6) is 5.75 Å². The normalized spacial score (nSPS) is 24.6. The summed E-state index contributed by atoms with van der Waals surface area (Å²) in [7, 11) is -1.96. The molecule has 3 aromatic rings. The van der Waals surface area contributed by atoms with E-state index in [9.17, 15) is 9.36 Å². The fourth-order valence-electron chi connectivity index (χ4n) is 6.68. The highest BCUT2D eigenvalue weighted by Gasteiger charge is 2.63. The molecule has 3 aromatic carbocycles. The van der Waals surface area contributed by atoms with Crippen LogP contribution in [0, 0.1) is 11.2 Å². The van der Waals surface area contributed by atoms with Crippen molar-refractivity contribution in [3.63, 3.8) is 0 Å². The quantitative estimate of drug-likeness (QED) is 0.202. The Morgan fingerprint density at radius 3 is 2.60 bits per heavy atom. The number of methoxy groups -OCH3 is 1. The molecule has 1 spiro atoms. The van der Waals surface area contributed by atoms with Crippen LogP contribution in [0.2, 0.25) is 10.0 Å². The van der Waals surface area contributed by atoms with Crippen LogP contribution in [0.1, 0.15) is 54.6 Å². The topological polar surface area (TPSA) is 105 Å². The number of carbonyl (C=O) groups is 1. The SMILES string of the molecule is COc1cc(C(N)=O)ccc1NP(C)(=O)[C@@H]1N[C@@H](CC(C)(C)C)[C@@]2(CNc3cc(Cl)ccc32)[C@H]1c1cccc(Cl)c1F. The molecule has 0 aliphatic carbocycles. The number of hydrogen-bond donors (Lipinski definition) is 4. The van der Waals surface area contributed by atoms with Gasteiger partial charge in [-0.05, 0) is 59.4 Å². The number of primary amides is 1. The van der Waals surface area contributed by atoms with Crippen molar-refractivity contribution in [3.8, 4) is 5.75 Å². The Balaban J connectivity index is 1.70. The summed E-state index contributed by atoms with van der Waals surface area (Å²) in [6.07, 6.45) is 0.725. The van der Waals surface area contributed by atoms with E-state index in [1.165, 1.54) is 19.2 Å². The van der Waals surface area contributed by atoms with Gasteiger partial charge in [-0.15, -0.1) is 0 Å². The Bertz CT molecular complexity index is 1600. The van der Waals surface area contributed by atoms with E-state index in [0.717, 1.165) is 17.7 Å². The van der Waals surface area contributed by atoms with Crippen molar-refractivity contribution in [3.05, 3.63) is 87.2 Å². The highest BCUT2D eigenvalue weighted by Crippen LogP contribution is 2.64. The summed E-state index contributed by atoms with van der Waals surface area (Å²) in [6.45, 7) is 8.61. The van der Waals surface area contributed by atoms with Gasteiger partial charge in [0.15, 0.2) is 7.29 Å². The van der Waals surface area contributed by atoms with Crippen molar-refractivity contribution in [2.45, 2.75) is 50.3 Å². The van der Waals surface area contributed by atoms with Gasteiger partial charge >= 0.3 is 0 Å². The first-order valence-electron chi connectivity index (χ1n) is 13.7. The van der Waals surface area contributed by atoms with Crippen LogP contribution in [-0.4, -0.2) is 38.1 Å². The Hall–Kier alpha value is -2.77. The van der Waals surface area contributed by atoms with Gasteiger partial charge in [-0.25, -0.2) is 4.39 Å². The molecule has 0 aromatic heterocycles. The van der Waals surface area contributed by atoms with Gasteiger partial charge < -0.3 is 26.2 Å². The summed E-state index contributed by atoms with van der Waals surface area (Å²) in [5.41, 5.74) is 7.62. The third kappa shape index (κ3) is 5.39. The Morgan fingerprint density at radius 1 is 1.19 bits per heavy atom. The average Bonchev–Trinajstić information content (AvgIpc) is 3.43. The maximum absolute atomic E-state index is 16.0. The highest BCUT2D eigenvalue weighted by atomic mass is 35.5. The number of ether oxygens (including phenoxy) is 1. The lowest BCUT2D eigenvalue weighted by Crippen LogP contribution is -2.46. The predicted molar refractivity (Wildman–Crippen MR) is 169 cm³/mol. The summed E-state index contributed by atoms with van der Waals surface area (Å²) in [5, 5.41) is 11.1. The highest BCUT2D eigenvalue weighted by molar-refractivity contribution is 7.65. The predicted octanol–water partition coefficient (Wildman–Crippen LogP) is 7.44. The number of nitrogens with one attached hydrogen (secondary N) is 3. The molecular formula is C31H36Cl2FN4O3P. The molecule has 5 atom stereocenters. The van der Waals surface area contributed by atoms with E-state index >= 15 is 4.39 Å². The van der Waals surface area contributed by atoms with Gasteiger partial charge in [0.1, 0.15) is 11.6 Å². The molecule has 1 fully saturated rings. The zero-order valence-corrected chi connectivity index (χ0v) is 26.6. The Morgan fingerprint density at radius 2 is 1.93 bits per heavy atom. The smallest absolute Gasteiger partial charge is 0.248 e. The number of hydrogen-bond acceptors (Lipinski definition) is 5. The van der Waals surface area contributed by atoms with Crippen LogP contribution in [0.15, 0.2) is 54.6 Å². The second-order valence-electron chi connectivity index (χ2n) is 12.5. The Kier molecular flexibility index (Phi) is 8.08. The third-order valence-electron chi connectivity index (χ3n) is 8.41. The first-order chi connectivity index (χ1) is 19.7. The monoisotopic (exact) mass is 632 g/mol. The van der Waals surface area contributed by atoms with E-state index in [1.807, 2.05) is 18.2 Å². The molecule has 224 valence electrons. The summed E-state index contributed by atoms with van der Waals surface area (Å²) >= 11 is 12.7. The molecule has 7 nitrogen and oxygen atoms in total. The van der Waals surface area contributed by atoms with Crippen molar-refractivity contribution in [1.82, 2.24) is 5.32 Å². The van der Waals surface area contributed by atoms with Gasteiger partial charge in [0.25, 0.3) is 0 Å². The van der Waals surface area contributed by atoms with E-state index in [1.54, 1.807) is 30.9 Å². The van der Waals surface area contributed by atoms with E-state index in [2.05, 4.69) is 36.5 Å². The first kappa shape index (κ1) is 30.7. The molecule has 2 heterocycles. The van der Waals surface area contributed by atoms with Crippen molar-refractivity contribution >= 4 is 47.8 Å². The van der Waals surface area contributed by atoms with Crippen molar-refractivity contribution in [2.24, 2.45) is 11.1 Å². The molecule has 2 aliphatic rings. The summed E-state index contributed by atoms with van der Waals surface area (Å²) < 4.78 is 36.5. The van der Waals surface area contributed by atoms with Gasteiger partial charge in [-0.1, -0.05) is 62.2 Å². The van der Waals surface area contributed by atoms with Gasteiger partial charge in [-0.3, -0.25) is 9.36 Å². The van der Waals surface area contributed by atoms with Crippen LogP contribution in [0.3, 0.4) is 0 Å². The molecular weight excluding hydrogens is 597 g/mol. The molecule has 1 unspecified atom stereocenters. The second-order valence-corrected chi connectivity index (χ2v) is 16.1. The standard InChI is InChI=1S/C31H36Cl2FN4O3P/c1-30(2,3)15-25-31(16-36-23-14-18(32)10-11-20(23)31)26(19-7-6-8-21(33)27(19)34)29(37-25)42(5,40)38-22-12-9-17(28(35)39)13-24(22)41-4/h6-14,25-26,29,36-37H,15-16H2,1-5H3,(H2,35,39)(H,38,40)/t25-,26-,29-,31-,42?/m0/s1. The number of fused-ring (bicyclic) bond motifs is 2. The van der Waals surface area contributed by atoms with Gasteiger partial charge in [0.2, 0.25) is 5.91 Å². The minimum atomic E-state index is -3.42. The number of nitrogens with two attached hydrogens (primary N) is 1. The first-order valence-corrected chi connectivity index (χ1v) is 16.7. The summed E-state index contributed by atoms with van der Waals surface area (Å²) in [4.78, 5) is 11.8. The Labute approximate surface area is 256 Å². The van der Waals surface area contributed by atoms with Crippen molar-refractivity contribution < 1.29 is 18.5 Å². The van der Waals surface area contributed by atoms with E-state index < -0.39 is 36.1 Å². The van der Waals surface area contributed by atoms with Gasteiger partial charge in [0, 0.05) is 46.9 Å². The molecule has 1 amide bonds. The average molecular weight is 634 g/mol. The third-order valence-corrected chi connectivity index (χ3v) is 11.1. The van der Waals surface area contributed by atoms with Crippen LogP contribution in [0.25, 0.3) is 0 Å². The number of anilines is 2. The molecule has 5 N–H and O–H groups in total. The number of benzene rings is 3. The van der Waals surface area contributed by atoms with E-state index in [-0.39, 0.29) is 22.0 Å². The fraction of sp³-hybridized carbons (Fsp3) is 0.387. The molecule has 11 heteroatoms. The molecule has 5 rings (SSSR count). The largest absolute Gasteiger partial charge is 0.495 e. The molecule has 0 bridgehead atoms. The lowest BCUT2D eigenvalue weighted by Gasteiger charge is -2.40. The number of carbonyl (C=O) groups excluding carboxylic acids is 1. The van der Waals surface area contributed by atoms with Crippen LogP contribution >= 0.6 is 30.5 Å². The minimum absolute atomic E-state index is 0.00515. The zero-order valence-electron chi connectivity index (χ0n) is 24.2. The van der Waals surface area contributed by atoms with Crippen LogP contribution in [-0.2, 0) is 9.98 Å². The number of rotatable bonds is 7. The van der Waals surface area contributed by atoms with Crippen LogP contribution < -0.4 is 26.2 Å². The van der Waals surface area contributed by atoms with Crippen molar-refractivity contribution in [2.75, 3.05) is 30.7 Å². The molecule has 2 aliphatic heterocycles. The lowest BCUT2D eigenvalue weighted by molar-refractivity contribution is 0.1000. The van der Waals surface area contributed by atoms with Gasteiger partial charge in [-0.2, -0.15) is 0 Å². The molecule has 0 radical (unpaired) electrons. The van der Waals surface area contributed by atoms with E-state index in [4.69, 9.17) is 33.7 Å². The molecule has 0 saturated carbocycles. The van der Waals surface area contributed by atoms with Crippen LogP contribution in [0.4, 0.5) is 15.8 Å².